The maximum absolute atomic E-state index is 9.39. The molecule has 1 aromatic heterocycles. The lowest BCUT2D eigenvalue weighted by Crippen LogP contribution is -1.90. The molecule has 90 valence electrons. The van der Waals surface area contributed by atoms with Crippen molar-refractivity contribution in [1.82, 2.24) is 10.3 Å². The molecule has 1 heterocycles. The smallest absolute Gasteiger partial charge is 0.118 e. The highest BCUT2D eigenvalue weighted by atomic mass is 32.2. The minimum Gasteiger partial charge on any atom is -0.389 e. The van der Waals surface area contributed by atoms with Gasteiger partial charge in [-0.15, -0.1) is 11.8 Å². The standard InChI is InChI=1S/C12H14N2O2S/c1-8-12(14-16-13-8)7-17-11-5-3-10(4-6-11)9(2)15/h3-6,9,15H,7H2,1-2H3. The molecule has 2 rings (SSSR count). The molecule has 0 amide bonds. The molecule has 4 nitrogen and oxygen atoms in total. The third-order valence-corrected chi connectivity index (χ3v) is 3.51. The van der Waals surface area contributed by atoms with Crippen LogP contribution in [0.25, 0.3) is 0 Å². The van der Waals surface area contributed by atoms with Gasteiger partial charge < -0.3 is 5.11 Å². The second-order valence-electron chi connectivity index (χ2n) is 3.83. The lowest BCUT2D eigenvalue weighted by molar-refractivity contribution is 0.199. The van der Waals surface area contributed by atoms with Gasteiger partial charge in [0, 0.05) is 10.6 Å². The monoisotopic (exact) mass is 250 g/mol. The molecule has 0 aliphatic heterocycles. The predicted molar refractivity (Wildman–Crippen MR) is 65.7 cm³/mol. The van der Waals surface area contributed by atoms with Gasteiger partial charge in [-0.25, -0.2) is 4.63 Å². The lowest BCUT2D eigenvalue weighted by Gasteiger charge is -2.05. The largest absolute Gasteiger partial charge is 0.389 e. The molecule has 0 aliphatic rings. The zero-order valence-corrected chi connectivity index (χ0v) is 10.6. The summed E-state index contributed by atoms with van der Waals surface area (Å²) < 4.78 is 4.64. The molecule has 0 bridgehead atoms. The van der Waals surface area contributed by atoms with E-state index in [0.29, 0.717) is 0 Å². The second kappa shape index (κ2) is 5.33. The maximum atomic E-state index is 9.39. The van der Waals surface area contributed by atoms with Crippen LogP contribution in [-0.2, 0) is 5.75 Å². The minimum absolute atomic E-state index is 0.420. The topological polar surface area (TPSA) is 59.2 Å². The third-order valence-electron chi connectivity index (χ3n) is 2.48. The Kier molecular flexibility index (Phi) is 3.81. The number of hydrogen-bond acceptors (Lipinski definition) is 5. The first-order valence-electron chi connectivity index (χ1n) is 5.35. The van der Waals surface area contributed by atoms with Gasteiger partial charge in [0.1, 0.15) is 11.4 Å². The average molecular weight is 250 g/mol. The van der Waals surface area contributed by atoms with Crippen molar-refractivity contribution in [1.29, 1.82) is 0 Å². The SMILES string of the molecule is Cc1nonc1CSc1ccc(C(C)O)cc1. The van der Waals surface area contributed by atoms with Crippen molar-refractivity contribution in [2.24, 2.45) is 0 Å². The summed E-state index contributed by atoms with van der Waals surface area (Å²) >= 11 is 1.67. The van der Waals surface area contributed by atoms with Crippen molar-refractivity contribution in [2.75, 3.05) is 0 Å². The molecule has 0 saturated carbocycles. The molecule has 1 unspecified atom stereocenters. The minimum atomic E-state index is -0.420. The summed E-state index contributed by atoms with van der Waals surface area (Å²) in [5.41, 5.74) is 2.63. The molecule has 0 spiro atoms. The van der Waals surface area contributed by atoms with Gasteiger partial charge in [-0.3, -0.25) is 0 Å². The highest BCUT2D eigenvalue weighted by Gasteiger charge is 2.06. The second-order valence-corrected chi connectivity index (χ2v) is 4.88. The van der Waals surface area contributed by atoms with E-state index < -0.39 is 6.10 Å². The van der Waals surface area contributed by atoms with Crippen molar-refractivity contribution in [3.8, 4) is 0 Å². The summed E-state index contributed by atoms with van der Waals surface area (Å²) in [5.74, 6) is 0.739. The molecule has 0 saturated heterocycles. The molecule has 1 aromatic carbocycles. The first-order chi connectivity index (χ1) is 8.16. The molecule has 2 aromatic rings. The Morgan fingerprint density at radius 3 is 2.53 bits per heavy atom. The first kappa shape index (κ1) is 12.1. The number of aliphatic hydroxyl groups excluding tert-OH is 1. The average Bonchev–Trinajstić information content (AvgIpc) is 2.73. The highest BCUT2D eigenvalue weighted by Crippen LogP contribution is 2.24. The highest BCUT2D eigenvalue weighted by molar-refractivity contribution is 7.98. The number of aromatic nitrogens is 2. The number of aryl methyl sites for hydroxylation is 1. The quantitative estimate of drug-likeness (QED) is 0.845. The summed E-state index contributed by atoms with van der Waals surface area (Å²) in [6, 6.07) is 7.85. The van der Waals surface area contributed by atoms with Crippen molar-refractivity contribution in [3.63, 3.8) is 0 Å². The Morgan fingerprint density at radius 2 is 2.00 bits per heavy atom. The fourth-order valence-corrected chi connectivity index (χ4v) is 2.27. The van der Waals surface area contributed by atoms with Gasteiger partial charge in [0.15, 0.2) is 0 Å². The zero-order chi connectivity index (χ0) is 12.3. The number of thioether (sulfide) groups is 1. The van der Waals surface area contributed by atoms with Crippen LogP contribution in [0.15, 0.2) is 33.8 Å². The Morgan fingerprint density at radius 1 is 1.29 bits per heavy atom. The number of benzene rings is 1. The van der Waals surface area contributed by atoms with Gasteiger partial charge in [-0.2, -0.15) is 0 Å². The van der Waals surface area contributed by atoms with E-state index in [1.165, 1.54) is 0 Å². The van der Waals surface area contributed by atoms with E-state index in [1.807, 2.05) is 31.2 Å². The molecular weight excluding hydrogens is 236 g/mol. The number of aliphatic hydroxyl groups is 1. The maximum Gasteiger partial charge on any atom is 0.118 e. The summed E-state index contributed by atoms with van der Waals surface area (Å²) in [6.07, 6.45) is -0.420. The Balaban J connectivity index is 1.98. The van der Waals surface area contributed by atoms with Crippen LogP contribution in [0.5, 0.6) is 0 Å². The fraction of sp³-hybridized carbons (Fsp3) is 0.333. The Labute approximate surface area is 104 Å². The van der Waals surface area contributed by atoms with Gasteiger partial charge in [0.25, 0.3) is 0 Å². The molecule has 1 atom stereocenters. The van der Waals surface area contributed by atoms with Crippen molar-refractivity contribution < 1.29 is 9.74 Å². The van der Waals surface area contributed by atoms with E-state index in [9.17, 15) is 5.11 Å². The van der Waals surface area contributed by atoms with E-state index in [4.69, 9.17) is 0 Å². The van der Waals surface area contributed by atoms with Gasteiger partial charge in [-0.05, 0) is 31.5 Å². The van der Waals surface area contributed by atoms with Crippen LogP contribution in [0.3, 0.4) is 0 Å². The Hall–Kier alpha value is -1.33. The van der Waals surface area contributed by atoms with Crippen molar-refractivity contribution in [3.05, 3.63) is 41.2 Å². The number of nitrogens with zero attached hydrogens (tertiary/aromatic N) is 2. The summed E-state index contributed by atoms with van der Waals surface area (Å²) in [6.45, 7) is 3.63. The molecule has 0 fully saturated rings. The predicted octanol–water partition coefficient (Wildman–Crippen LogP) is 2.72. The van der Waals surface area contributed by atoms with E-state index in [2.05, 4.69) is 14.9 Å². The third kappa shape index (κ3) is 3.08. The van der Waals surface area contributed by atoms with Gasteiger partial charge in [-0.1, -0.05) is 22.4 Å². The summed E-state index contributed by atoms with van der Waals surface area (Å²) in [7, 11) is 0. The summed E-state index contributed by atoms with van der Waals surface area (Å²) in [4.78, 5) is 1.14. The van der Waals surface area contributed by atoms with Crippen LogP contribution < -0.4 is 0 Å². The first-order valence-corrected chi connectivity index (χ1v) is 6.34. The lowest BCUT2D eigenvalue weighted by atomic mass is 10.1. The van der Waals surface area contributed by atoms with E-state index in [-0.39, 0.29) is 0 Å². The van der Waals surface area contributed by atoms with E-state index in [1.54, 1.807) is 18.7 Å². The summed E-state index contributed by atoms with van der Waals surface area (Å²) in [5, 5.41) is 17.0. The molecule has 0 aliphatic carbocycles. The normalized spacial score (nSPS) is 12.6. The fourth-order valence-electron chi connectivity index (χ4n) is 1.37. The van der Waals surface area contributed by atoms with Crippen LogP contribution in [0.2, 0.25) is 0 Å². The molecule has 17 heavy (non-hydrogen) atoms. The van der Waals surface area contributed by atoms with E-state index in [0.717, 1.165) is 27.6 Å². The van der Waals surface area contributed by atoms with Crippen molar-refractivity contribution >= 4 is 11.8 Å². The Bertz CT molecular complexity index is 480. The van der Waals surface area contributed by atoms with Gasteiger partial charge >= 0.3 is 0 Å². The zero-order valence-electron chi connectivity index (χ0n) is 9.75. The van der Waals surface area contributed by atoms with Crippen LogP contribution in [0, 0.1) is 6.92 Å². The van der Waals surface area contributed by atoms with Crippen LogP contribution >= 0.6 is 11.8 Å². The van der Waals surface area contributed by atoms with Crippen molar-refractivity contribution in [2.45, 2.75) is 30.6 Å². The molecule has 0 radical (unpaired) electrons. The van der Waals surface area contributed by atoms with Crippen LogP contribution in [0.1, 0.15) is 30.0 Å². The molecular formula is C12H14N2O2S. The van der Waals surface area contributed by atoms with E-state index >= 15 is 0 Å². The van der Waals surface area contributed by atoms with Crippen LogP contribution in [-0.4, -0.2) is 15.4 Å². The number of rotatable bonds is 4. The number of hydrogen-bond donors (Lipinski definition) is 1. The van der Waals surface area contributed by atoms with Crippen LogP contribution in [0.4, 0.5) is 0 Å². The van der Waals surface area contributed by atoms with Gasteiger partial charge in [0.05, 0.1) is 6.10 Å². The molecule has 1 N–H and O–H groups in total. The van der Waals surface area contributed by atoms with Gasteiger partial charge in [0.2, 0.25) is 0 Å². The molecule has 5 heteroatoms.